The van der Waals surface area contributed by atoms with Crippen LogP contribution in [0.25, 0.3) is 0 Å². The Morgan fingerprint density at radius 3 is 1.95 bits per heavy atom. The average Bonchev–Trinajstić information content (AvgIpc) is 2.65. The highest BCUT2D eigenvalue weighted by atomic mass is 32.2. The lowest BCUT2D eigenvalue weighted by Gasteiger charge is -2.32. The van der Waals surface area contributed by atoms with E-state index in [0.717, 1.165) is 11.0 Å². The fourth-order valence-electron chi connectivity index (χ4n) is 1.95. The highest BCUT2D eigenvalue weighted by molar-refractivity contribution is 7.89. The van der Waals surface area contributed by atoms with Gasteiger partial charge in [-0.3, -0.25) is 3.97 Å². The predicted molar refractivity (Wildman–Crippen MR) is 75.1 cm³/mol. The second-order valence-electron chi connectivity index (χ2n) is 6.08. The van der Waals surface area contributed by atoms with E-state index in [1.807, 2.05) is 34.6 Å². The maximum atomic E-state index is 11.5. The molecule has 0 aliphatic carbocycles. The Labute approximate surface area is 115 Å². The fraction of sp³-hybridized carbons (Fsp3) is 0.667. The molecule has 0 unspecified atom stereocenters. The Kier molecular flexibility index (Phi) is 3.16. The quantitative estimate of drug-likeness (QED) is 0.758. The van der Waals surface area contributed by atoms with Crippen LogP contribution in [0.2, 0.25) is 0 Å². The molecule has 1 fully saturated rings. The molecule has 106 valence electrons. The number of hydrogen-bond acceptors (Lipinski definition) is 4. The van der Waals surface area contributed by atoms with Gasteiger partial charge in [0.2, 0.25) is 10.0 Å². The molecule has 1 aliphatic heterocycles. The van der Waals surface area contributed by atoms with E-state index in [1.54, 1.807) is 12.4 Å². The van der Waals surface area contributed by atoms with Crippen LogP contribution in [0.1, 0.15) is 33.3 Å². The maximum Gasteiger partial charge on any atom is 0.496 e. The van der Waals surface area contributed by atoms with Crippen LogP contribution in [0.3, 0.4) is 0 Å². The smallest absolute Gasteiger partial charge is 0.399 e. The van der Waals surface area contributed by atoms with E-state index in [9.17, 15) is 8.42 Å². The lowest BCUT2D eigenvalue weighted by molar-refractivity contribution is 0.00578. The van der Waals surface area contributed by atoms with Gasteiger partial charge in [0.1, 0.15) is 0 Å². The summed E-state index contributed by atoms with van der Waals surface area (Å²) in [5.74, 6) is 0. The third-order valence-corrected chi connectivity index (χ3v) is 4.91. The normalized spacial score (nSPS) is 21.9. The lowest BCUT2D eigenvalue weighted by Crippen LogP contribution is -2.41. The third-order valence-electron chi connectivity index (χ3n) is 3.93. The molecule has 19 heavy (non-hydrogen) atoms. The molecule has 0 saturated carbocycles. The van der Waals surface area contributed by atoms with Gasteiger partial charge in [0, 0.05) is 17.9 Å². The summed E-state index contributed by atoms with van der Waals surface area (Å²) in [7, 11) is -3.82. The van der Waals surface area contributed by atoms with Crippen LogP contribution in [0.4, 0.5) is 0 Å². The van der Waals surface area contributed by atoms with E-state index >= 15 is 0 Å². The van der Waals surface area contributed by atoms with E-state index < -0.39 is 28.3 Å². The Balaban J connectivity index is 2.38. The van der Waals surface area contributed by atoms with Crippen LogP contribution in [-0.2, 0) is 19.3 Å². The Morgan fingerprint density at radius 1 is 1.11 bits per heavy atom. The molecule has 1 saturated heterocycles. The number of aromatic nitrogens is 1. The van der Waals surface area contributed by atoms with Gasteiger partial charge in [0.05, 0.1) is 17.5 Å². The molecule has 0 amide bonds. The Hall–Kier alpha value is -0.785. The van der Waals surface area contributed by atoms with Crippen molar-refractivity contribution < 1.29 is 17.7 Å². The van der Waals surface area contributed by atoms with Crippen LogP contribution < -0.4 is 5.46 Å². The highest BCUT2D eigenvalue weighted by Crippen LogP contribution is 2.36. The molecule has 0 N–H and O–H groups in total. The summed E-state index contributed by atoms with van der Waals surface area (Å²) < 4.78 is 36.1. The molecule has 1 aromatic heterocycles. The van der Waals surface area contributed by atoms with Crippen LogP contribution in [0.5, 0.6) is 0 Å². The largest absolute Gasteiger partial charge is 0.496 e. The monoisotopic (exact) mass is 285 g/mol. The SMILES string of the molecule is Cc1cn(S(C)(=O)=O)cc1B1OC(C)(C)C(C)(C)O1. The highest BCUT2D eigenvalue weighted by Gasteiger charge is 2.52. The minimum atomic E-state index is -3.29. The zero-order valence-corrected chi connectivity index (χ0v) is 13.0. The van der Waals surface area contributed by atoms with Gasteiger partial charge in [-0.1, -0.05) is 0 Å². The van der Waals surface area contributed by atoms with E-state index in [1.165, 1.54) is 10.2 Å². The van der Waals surface area contributed by atoms with Gasteiger partial charge in [-0.25, -0.2) is 8.42 Å². The van der Waals surface area contributed by atoms with Crippen LogP contribution >= 0.6 is 0 Å². The Bertz CT molecular complexity index is 587. The molecular formula is C12H20BNO4S. The first-order chi connectivity index (χ1) is 8.44. The summed E-state index contributed by atoms with van der Waals surface area (Å²) in [6, 6.07) is 0. The summed E-state index contributed by atoms with van der Waals surface area (Å²) >= 11 is 0. The van der Waals surface area contributed by atoms with Crippen molar-refractivity contribution >= 4 is 22.6 Å². The topological polar surface area (TPSA) is 57.5 Å². The summed E-state index contributed by atoms with van der Waals surface area (Å²) in [5.41, 5.74) is 0.724. The molecule has 0 bridgehead atoms. The third kappa shape index (κ3) is 2.46. The van der Waals surface area contributed by atoms with Gasteiger partial charge in [0.15, 0.2) is 0 Å². The van der Waals surface area contributed by atoms with Crippen molar-refractivity contribution in [3.63, 3.8) is 0 Å². The van der Waals surface area contributed by atoms with Crippen molar-refractivity contribution in [3.8, 4) is 0 Å². The van der Waals surface area contributed by atoms with Crippen molar-refractivity contribution in [1.82, 2.24) is 3.97 Å². The summed E-state index contributed by atoms with van der Waals surface area (Å²) in [4.78, 5) is 0. The van der Waals surface area contributed by atoms with Gasteiger partial charge < -0.3 is 9.31 Å². The van der Waals surface area contributed by atoms with Crippen LogP contribution in [0, 0.1) is 6.92 Å². The van der Waals surface area contributed by atoms with Crippen molar-refractivity contribution in [1.29, 1.82) is 0 Å². The first-order valence-corrected chi connectivity index (χ1v) is 8.03. The molecule has 0 aromatic carbocycles. The maximum absolute atomic E-state index is 11.5. The molecule has 5 nitrogen and oxygen atoms in total. The second-order valence-corrected chi connectivity index (χ2v) is 7.97. The van der Waals surface area contributed by atoms with Crippen molar-refractivity contribution in [3.05, 3.63) is 18.0 Å². The van der Waals surface area contributed by atoms with Crippen LogP contribution in [-0.4, -0.2) is 37.0 Å². The number of aryl methyl sites for hydroxylation is 1. The van der Waals surface area contributed by atoms with Crippen molar-refractivity contribution in [2.45, 2.75) is 45.8 Å². The number of hydrogen-bond donors (Lipinski definition) is 0. The average molecular weight is 285 g/mol. The molecule has 0 radical (unpaired) electrons. The summed E-state index contributed by atoms with van der Waals surface area (Å²) in [6.07, 6.45) is 4.31. The molecule has 2 heterocycles. The van der Waals surface area contributed by atoms with E-state index in [2.05, 4.69) is 0 Å². The molecule has 0 spiro atoms. The molecule has 2 rings (SSSR count). The van der Waals surface area contributed by atoms with Crippen LogP contribution in [0.15, 0.2) is 12.4 Å². The van der Waals surface area contributed by atoms with E-state index in [4.69, 9.17) is 9.31 Å². The summed E-state index contributed by atoms with van der Waals surface area (Å²) in [5, 5.41) is 0. The van der Waals surface area contributed by atoms with Crippen molar-refractivity contribution in [2.24, 2.45) is 0 Å². The van der Waals surface area contributed by atoms with E-state index in [-0.39, 0.29) is 0 Å². The molecule has 7 heteroatoms. The second kappa shape index (κ2) is 4.10. The molecule has 1 aliphatic rings. The minimum Gasteiger partial charge on any atom is -0.399 e. The fourth-order valence-corrected chi connectivity index (χ4v) is 2.60. The van der Waals surface area contributed by atoms with Gasteiger partial charge >= 0.3 is 7.12 Å². The number of nitrogens with zero attached hydrogens (tertiary/aromatic N) is 1. The molecular weight excluding hydrogens is 265 g/mol. The standard InChI is InChI=1S/C12H20BNO4S/c1-9-7-14(19(6,15)16)8-10(9)13-17-11(2,3)12(4,5)18-13/h7-8H,1-6H3. The van der Waals surface area contributed by atoms with Crippen molar-refractivity contribution in [2.75, 3.05) is 6.26 Å². The minimum absolute atomic E-state index is 0.433. The molecule has 1 aromatic rings. The predicted octanol–water partition coefficient (Wildman–Crippen LogP) is 0.903. The lowest BCUT2D eigenvalue weighted by atomic mass is 9.79. The first kappa shape index (κ1) is 14.6. The zero-order valence-electron chi connectivity index (χ0n) is 12.2. The van der Waals surface area contributed by atoms with Gasteiger partial charge in [-0.15, -0.1) is 0 Å². The first-order valence-electron chi connectivity index (χ1n) is 6.19. The number of rotatable bonds is 2. The van der Waals surface area contributed by atoms with E-state index in [0.29, 0.717) is 0 Å². The zero-order chi connectivity index (χ0) is 14.6. The van der Waals surface area contributed by atoms with Gasteiger partial charge in [-0.2, -0.15) is 0 Å². The summed E-state index contributed by atoms with van der Waals surface area (Å²) in [6.45, 7) is 9.72. The molecule has 0 atom stereocenters. The van der Waals surface area contributed by atoms with Gasteiger partial charge in [-0.05, 0) is 40.2 Å². The van der Waals surface area contributed by atoms with Gasteiger partial charge in [0.25, 0.3) is 0 Å². The Morgan fingerprint density at radius 2 is 1.58 bits per heavy atom.